The van der Waals surface area contributed by atoms with Crippen LogP contribution in [0, 0.1) is 17.8 Å². The Labute approximate surface area is 243 Å². The van der Waals surface area contributed by atoms with Gasteiger partial charge in [0.1, 0.15) is 24.4 Å². The van der Waals surface area contributed by atoms with Gasteiger partial charge in [0.05, 0.1) is 12.0 Å². The maximum absolute atomic E-state index is 13.6. The SMILES string of the molecule is C=CCOC(=O)C(C(=O)OC(C)(C)C)[C@H](CC(=O)[C@H](CC(C)C)NC(=O)OC(C)(C)C)C(=O)OCc1ccccc1. The number of hydrogen-bond donors (Lipinski definition) is 1. The summed E-state index contributed by atoms with van der Waals surface area (Å²) in [5, 5.41) is 2.57. The molecule has 0 saturated heterocycles. The third-order valence-electron chi connectivity index (χ3n) is 5.39. The molecule has 0 fully saturated rings. The minimum absolute atomic E-state index is 0.0263. The number of Topliss-reactive ketones (excluding diaryl/α,β-unsaturated/α-hetero) is 1. The number of alkyl carbamates (subject to hydrolysis) is 1. The van der Waals surface area contributed by atoms with Crippen molar-refractivity contribution < 1.29 is 42.9 Å². The Bertz CT molecular complexity index is 1050. The molecule has 1 N–H and O–H groups in total. The highest BCUT2D eigenvalue weighted by Gasteiger charge is 2.45. The maximum Gasteiger partial charge on any atom is 0.408 e. The van der Waals surface area contributed by atoms with E-state index in [0.717, 1.165) is 0 Å². The van der Waals surface area contributed by atoms with Crippen LogP contribution < -0.4 is 5.32 Å². The number of ether oxygens (including phenoxy) is 4. The predicted molar refractivity (Wildman–Crippen MR) is 152 cm³/mol. The Morgan fingerprint density at radius 2 is 1.44 bits per heavy atom. The Balaban J connectivity index is 3.44. The monoisotopic (exact) mass is 575 g/mol. The summed E-state index contributed by atoms with van der Waals surface area (Å²) in [6, 6.07) is 7.74. The van der Waals surface area contributed by atoms with Crippen molar-refractivity contribution in [2.24, 2.45) is 17.8 Å². The summed E-state index contributed by atoms with van der Waals surface area (Å²) in [6.45, 7) is 16.7. The van der Waals surface area contributed by atoms with Gasteiger partial charge in [-0.2, -0.15) is 0 Å². The van der Waals surface area contributed by atoms with Crippen LogP contribution in [0.1, 0.15) is 73.8 Å². The molecule has 1 amide bonds. The lowest BCUT2D eigenvalue weighted by Crippen LogP contribution is -2.47. The Hall–Kier alpha value is -3.69. The number of carbonyl (C=O) groups is 5. The van der Waals surface area contributed by atoms with Crippen molar-refractivity contribution in [2.45, 2.75) is 92.1 Å². The first-order valence-electron chi connectivity index (χ1n) is 13.7. The third-order valence-corrected chi connectivity index (χ3v) is 5.39. The molecular formula is C31H45NO9. The number of rotatable bonds is 14. The van der Waals surface area contributed by atoms with E-state index in [1.807, 2.05) is 13.8 Å². The van der Waals surface area contributed by atoms with E-state index >= 15 is 0 Å². The molecule has 1 aromatic rings. The number of esters is 3. The van der Waals surface area contributed by atoms with Crippen LogP contribution in [0.15, 0.2) is 43.0 Å². The van der Waals surface area contributed by atoms with Gasteiger partial charge in [-0.3, -0.25) is 19.2 Å². The van der Waals surface area contributed by atoms with Crippen LogP contribution in [-0.4, -0.2) is 53.6 Å². The molecule has 1 rings (SSSR count). The average molecular weight is 576 g/mol. The molecule has 3 atom stereocenters. The normalized spacial score (nSPS) is 13.8. The van der Waals surface area contributed by atoms with Crippen LogP contribution in [0.4, 0.5) is 4.79 Å². The van der Waals surface area contributed by atoms with Gasteiger partial charge in [0, 0.05) is 6.42 Å². The molecule has 10 heteroatoms. The Kier molecular flexibility index (Phi) is 13.7. The number of amides is 1. The molecular weight excluding hydrogens is 530 g/mol. The molecule has 1 unspecified atom stereocenters. The van der Waals surface area contributed by atoms with E-state index in [1.165, 1.54) is 6.08 Å². The molecule has 0 saturated carbocycles. The largest absolute Gasteiger partial charge is 0.461 e. The number of carbonyl (C=O) groups excluding carboxylic acids is 5. The van der Waals surface area contributed by atoms with Crippen molar-refractivity contribution in [3.8, 4) is 0 Å². The summed E-state index contributed by atoms with van der Waals surface area (Å²) < 4.78 is 21.4. The van der Waals surface area contributed by atoms with Crippen LogP contribution in [0.5, 0.6) is 0 Å². The summed E-state index contributed by atoms with van der Waals surface area (Å²) in [5.74, 6) is -7.07. The van der Waals surface area contributed by atoms with Crippen molar-refractivity contribution in [1.29, 1.82) is 0 Å². The van der Waals surface area contributed by atoms with Gasteiger partial charge in [-0.1, -0.05) is 56.8 Å². The fourth-order valence-electron chi connectivity index (χ4n) is 3.74. The Morgan fingerprint density at radius 1 is 0.854 bits per heavy atom. The quantitative estimate of drug-likeness (QED) is 0.142. The standard InChI is InChI=1S/C31H45NO9/c1-10-16-38-27(35)25(28(36)40-30(4,5)6)22(26(34)39-19-21-14-12-11-13-15-21)18-24(33)23(17-20(2)3)32-29(37)41-31(7,8)9/h10-15,20,22-23,25H,1,16-19H2,2-9H3,(H,32,37)/t22-,23-,25?/m0/s1. The first-order chi connectivity index (χ1) is 18.9. The van der Waals surface area contributed by atoms with Gasteiger partial charge in [-0.15, -0.1) is 0 Å². The van der Waals surface area contributed by atoms with E-state index in [0.29, 0.717) is 5.56 Å². The number of benzene rings is 1. The fraction of sp³-hybridized carbons (Fsp3) is 0.581. The van der Waals surface area contributed by atoms with E-state index in [-0.39, 0.29) is 25.6 Å². The summed E-state index contributed by atoms with van der Waals surface area (Å²) in [6.07, 6.45) is 0.116. The highest BCUT2D eigenvalue weighted by Crippen LogP contribution is 2.26. The molecule has 0 spiro atoms. The summed E-state index contributed by atoms with van der Waals surface area (Å²) >= 11 is 0. The van der Waals surface area contributed by atoms with Crippen molar-refractivity contribution in [3.63, 3.8) is 0 Å². The van der Waals surface area contributed by atoms with Crippen molar-refractivity contribution in [2.75, 3.05) is 6.61 Å². The zero-order chi connectivity index (χ0) is 31.4. The molecule has 10 nitrogen and oxygen atoms in total. The van der Waals surface area contributed by atoms with Gasteiger partial charge in [-0.05, 0) is 59.4 Å². The molecule has 0 aliphatic rings. The van der Waals surface area contributed by atoms with Crippen LogP contribution in [0.25, 0.3) is 0 Å². The van der Waals surface area contributed by atoms with Gasteiger partial charge < -0.3 is 24.3 Å². The molecule has 228 valence electrons. The van der Waals surface area contributed by atoms with Gasteiger partial charge >= 0.3 is 24.0 Å². The topological polar surface area (TPSA) is 134 Å². The second-order valence-corrected chi connectivity index (χ2v) is 12.1. The highest BCUT2D eigenvalue weighted by molar-refractivity contribution is 6.01. The van der Waals surface area contributed by atoms with Crippen molar-refractivity contribution in [3.05, 3.63) is 48.6 Å². The van der Waals surface area contributed by atoms with E-state index in [4.69, 9.17) is 18.9 Å². The molecule has 1 aromatic carbocycles. The molecule has 0 aliphatic heterocycles. The molecule has 0 bridgehead atoms. The predicted octanol–water partition coefficient (Wildman–Crippen LogP) is 4.93. The summed E-state index contributed by atoms with van der Waals surface area (Å²) in [7, 11) is 0. The first kappa shape index (κ1) is 35.3. The highest BCUT2D eigenvalue weighted by atomic mass is 16.6. The van der Waals surface area contributed by atoms with Gasteiger partial charge in [0.25, 0.3) is 0 Å². The number of ketones is 1. The van der Waals surface area contributed by atoms with Crippen molar-refractivity contribution >= 4 is 29.8 Å². The maximum atomic E-state index is 13.6. The summed E-state index contributed by atoms with van der Waals surface area (Å²) in [4.78, 5) is 66.0. The first-order valence-corrected chi connectivity index (χ1v) is 13.7. The van der Waals surface area contributed by atoms with Crippen molar-refractivity contribution in [1.82, 2.24) is 5.32 Å². The lowest BCUT2D eigenvalue weighted by molar-refractivity contribution is -0.177. The number of nitrogens with one attached hydrogen (secondary N) is 1. The Morgan fingerprint density at radius 3 is 1.95 bits per heavy atom. The molecule has 0 aliphatic carbocycles. The second-order valence-electron chi connectivity index (χ2n) is 12.1. The van der Waals surface area contributed by atoms with E-state index < -0.39 is 65.3 Å². The molecule has 41 heavy (non-hydrogen) atoms. The molecule has 0 radical (unpaired) electrons. The van der Waals surface area contributed by atoms with Crippen LogP contribution in [-0.2, 0) is 44.7 Å². The smallest absolute Gasteiger partial charge is 0.408 e. The van der Waals surface area contributed by atoms with Gasteiger partial charge in [-0.25, -0.2) is 4.79 Å². The van der Waals surface area contributed by atoms with E-state index in [9.17, 15) is 24.0 Å². The summed E-state index contributed by atoms with van der Waals surface area (Å²) in [5.41, 5.74) is -1.15. The van der Waals surface area contributed by atoms with Gasteiger partial charge in [0.2, 0.25) is 0 Å². The van der Waals surface area contributed by atoms with Gasteiger partial charge in [0.15, 0.2) is 11.7 Å². The average Bonchev–Trinajstić information content (AvgIpc) is 2.83. The second kappa shape index (κ2) is 15.9. The number of hydrogen-bond acceptors (Lipinski definition) is 9. The minimum Gasteiger partial charge on any atom is -0.461 e. The lowest BCUT2D eigenvalue weighted by Gasteiger charge is -2.28. The zero-order valence-corrected chi connectivity index (χ0v) is 25.5. The zero-order valence-electron chi connectivity index (χ0n) is 25.5. The fourth-order valence-corrected chi connectivity index (χ4v) is 3.74. The van der Waals surface area contributed by atoms with E-state index in [2.05, 4.69) is 11.9 Å². The van der Waals surface area contributed by atoms with Crippen LogP contribution in [0.3, 0.4) is 0 Å². The third kappa shape index (κ3) is 14.0. The van der Waals surface area contributed by atoms with E-state index in [1.54, 1.807) is 71.9 Å². The van der Waals surface area contributed by atoms with Crippen LogP contribution >= 0.6 is 0 Å². The molecule has 0 heterocycles. The minimum atomic E-state index is -1.80. The lowest BCUT2D eigenvalue weighted by atomic mass is 9.85. The van der Waals surface area contributed by atoms with Crippen LogP contribution in [0.2, 0.25) is 0 Å². The molecule has 0 aromatic heterocycles.